The van der Waals surface area contributed by atoms with Crippen molar-refractivity contribution in [2.24, 2.45) is 0 Å². The van der Waals surface area contributed by atoms with E-state index in [2.05, 4.69) is 5.32 Å². The van der Waals surface area contributed by atoms with Crippen LogP contribution in [0.25, 0.3) is 0 Å². The Labute approximate surface area is 97.8 Å². The molecule has 1 unspecified atom stereocenters. The summed E-state index contributed by atoms with van der Waals surface area (Å²) >= 11 is 0. The first-order valence-corrected chi connectivity index (χ1v) is 5.55. The average Bonchev–Trinajstić information content (AvgIpc) is 2.67. The SMILES string of the molecule is FC(F)(F)CCNCC1COc2ccccc21. The number of hydrogen-bond acceptors (Lipinski definition) is 2. The monoisotopic (exact) mass is 245 g/mol. The number of halogens is 3. The van der Waals surface area contributed by atoms with Gasteiger partial charge in [0.05, 0.1) is 13.0 Å². The first-order valence-electron chi connectivity index (χ1n) is 5.55. The second kappa shape index (κ2) is 4.96. The van der Waals surface area contributed by atoms with E-state index in [-0.39, 0.29) is 12.5 Å². The summed E-state index contributed by atoms with van der Waals surface area (Å²) in [6.07, 6.45) is -4.88. The first-order chi connectivity index (χ1) is 8.06. The van der Waals surface area contributed by atoms with Gasteiger partial charge in [0.25, 0.3) is 0 Å². The van der Waals surface area contributed by atoms with Crippen LogP contribution in [-0.4, -0.2) is 25.9 Å². The quantitative estimate of drug-likeness (QED) is 0.823. The molecular formula is C12H14F3NO. The van der Waals surface area contributed by atoms with E-state index in [1.54, 1.807) is 0 Å². The third kappa shape index (κ3) is 3.36. The van der Waals surface area contributed by atoms with Gasteiger partial charge in [-0.1, -0.05) is 18.2 Å². The van der Waals surface area contributed by atoms with E-state index in [1.807, 2.05) is 24.3 Å². The molecular weight excluding hydrogens is 231 g/mol. The Kier molecular flexibility index (Phi) is 3.57. The zero-order valence-electron chi connectivity index (χ0n) is 9.26. The molecule has 1 N–H and O–H groups in total. The molecule has 1 aliphatic rings. The molecule has 0 aliphatic carbocycles. The first kappa shape index (κ1) is 12.2. The second-order valence-electron chi connectivity index (χ2n) is 4.12. The number of alkyl halides is 3. The molecule has 1 aliphatic heterocycles. The summed E-state index contributed by atoms with van der Waals surface area (Å²) < 4.78 is 41.2. The minimum Gasteiger partial charge on any atom is -0.493 e. The molecule has 0 aromatic heterocycles. The molecule has 2 nitrogen and oxygen atoms in total. The minimum absolute atomic E-state index is 0.0395. The number of rotatable bonds is 4. The highest BCUT2D eigenvalue weighted by molar-refractivity contribution is 5.39. The number of ether oxygens (including phenoxy) is 1. The second-order valence-corrected chi connectivity index (χ2v) is 4.12. The normalized spacial score (nSPS) is 18.9. The molecule has 5 heteroatoms. The molecule has 1 aromatic rings. The van der Waals surface area contributed by atoms with Gasteiger partial charge in [-0.3, -0.25) is 0 Å². The van der Waals surface area contributed by atoms with Gasteiger partial charge in [0.2, 0.25) is 0 Å². The Morgan fingerprint density at radius 1 is 1.29 bits per heavy atom. The van der Waals surface area contributed by atoms with Gasteiger partial charge in [-0.05, 0) is 6.07 Å². The molecule has 0 spiro atoms. The highest BCUT2D eigenvalue weighted by atomic mass is 19.4. The Morgan fingerprint density at radius 3 is 2.82 bits per heavy atom. The fourth-order valence-corrected chi connectivity index (χ4v) is 1.90. The van der Waals surface area contributed by atoms with Crippen molar-refractivity contribution in [3.05, 3.63) is 29.8 Å². The van der Waals surface area contributed by atoms with Crippen LogP contribution in [0.1, 0.15) is 17.9 Å². The van der Waals surface area contributed by atoms with E-state index in [9.17, 15) is 13.2 Å². The molecule has 94 valence electrons. The summed E-state index contributed by atoms with van der Waals surface area (Å²) in [5, 5.41) is 2.82. The highest BCUT2D eigenvalue weighted by Crippen LogP contribution is 2.32. The maximum atomic E-state index is 11.9. The topological polar surface area (TPSA) is 21.3 Å². The van der Waals surface area contributed by atoms with Crippen molar-refractivity contribution in [3.8, 4) is 5.75 Å². The molecule has 2 rings (SSSR count). The van der Waals surface area contributed by atoms with Crippen LogP contribution in [0.5, 0.6) is 5.75 Å². The van der Waals surface area contributed by atoms with Crippen molar-refractivity contribution in [1.29, 1.82) is 0 Å². The third-order valence-electron chi connectivity index (χ3n) is 2.77. The van der Waals surface area contributed by atoms with Crippen LogP contribution < -0.4 is 10.1 Å². The van der Waals surface area contributed by atoms with Crippen LogP contribution in [0.2, 0.25) is 0 Å². The summed E-state index contributed by atoms with van der Waals surface area (Å²) in [5.41, 5.74) is 1.08. The lowest BCUT2D eigenvalue weighted by Crippen LogP contribution is -2.26. The van der Waals surface area contributed by atoms with Gasteiger partial charge >= 0.3 is 6.18 Å². The van der Waals surface area contributed by atoms with Crippen LogP contribution in [0.15, 0.2) is 24.3 Å². The predicted octanol–water partition coefficient (Wildman–Crippen LogP) is 2.70. The third-order valence-corrected chi connectivity index (χ3v) is 2.77. The number of nitrogens with one attached hydrogen (secondary N) is 1. The minimum atomic E-state index is -4.09. The van der Waals surface area contributed by atoms with E-state index in [1.165, 1.54) is 0 Å². The summed E-state index contributed by atoms with van der Waals surface area (Å²) in [6, 6.07) is 7.64. The van der Waals surface area contributed by atoms with Gasteiger partial charge in [-0.25, -0.2) is 0 Å². The molecule has 1 aromatic carbocycles. The lowest BCUT2D eigenvalue weighted by molar-refractivity contribution is -0.133. The lowest BCUT2D eigenvalue weighted by Gasteiger charge is -2.11. The molecule has 17 heavy (non-hydrogen) atoms. The van der Waals surface area contributed by atoms with Gasteiger partial charge in [0.15, 0.2) is 0 Å². The van der Waals surface area contributed by atoms with Gasteiger partial charge in [-0.2, -0.15) is 13.2 Å². The zero-order valence-corrected chi connectivity index (χ0v) is 9.26. The Bertz CT molecular complexity index is 378. The summed E-state index contributed by atoms with van der Waals surface area (Å²) in [7, 11) is 0. The van der Waals surface area contributed by atoms with Crippen molar-refractivity contribution in [2.45, 2.75) is 18.5 Å². The fourth-order valence-electron chi connectivity index (χ4n) is 1.90. The van der Waals surface area contributed by atoms with Gasteiger partial charge in [0, 0.05) is 24.6 Å². The number of para-hydroxylation sites is 1. The molecule has 0 saturated carbocycles. The molecule has 0 radical (unpaired) electrons. The van der Waals surface area contributed by atoms with Crippen molar-refractivity contribution in [1.82, 2.24) is 5.32 Å². The summed E-state index contributed by atoms with van der Waals surface area (Å²) in [5.74, 6) is 0.995. The number of hydrogen-bond donors (Lipinski definition) is 1. The van der Waals surface area contributed by atoms with E-state index in [0.717, 1.165) is 11.3 Å². The van der Waals surface area contributed by atoms with Gasteiger partial charge in [-0.15, -0.1) is 0 Å². The highest BCUT2D eigenvalue weighted by Gasteiger charge is 2.27. The van der Waals surface area contributed by atoms with Crippen molar-refractivity contribution < 1.29 is 17.9 Å². The lowest BCUT2D eigenvalue weighted by atomic mass is 10.0. The average molecular weight is 245 g/mol. The summed E-state index contributed by atoms with van der Waals surface area (Å²) in [6.45, 7) is 1.02. The Hall–Kier alpha value is -1.23. The maximum absolute atomic E-state index is 11.9. The smallest absolute Gasteiger partial charge is 0.390 e. The van der Waals surface area contributed by atoms with E-state index in [4.69, 9.17) is 4.74 Å². The van der Waals surface area contributed by atoms with Crippen molar-refractivity contribution in [3.63, 3.8) is 0 Å². The molecule has 0 saturated heterocycles. The molecule has 0 bridgehead atoms. The van der Waals surface area contributed by atoms with Gasteiger partial charge < -0.3 is 10.1 Å². The zero-order chi connectivity index (χ0) is 12.3. The van der Waals surface area contributed by atoms with Crippen LogP contribution in [0.4, 0.5) is 13.2 Å². The molecule has 0 fully saturated rings. The van der Waals surface area contributed by atoms with Crippen LogP contribution >= 0.6 is 0 Å². The standard InChI is InChI=1S/C12H14F3NO/c13-12(14,15)5-6-16-7-9-8-17-11-4-2-1-3-10(9)11/h1-4,9,16H,5-8H2. The largest absolute Gasteiger partial charge is 0.493 e. The Morgan fingerprint density at radius 2 is 2.06 bits per heavy atom. The predicted molar refractivity (Wildman–Crippen MR) is 58.2 cm³/mol. The maximum Gasteiger partial charge on any atom is 0.390 e. The van der Waals surface area contributed by atoms with Crippen LogP contribution in [0.3, 0.4) is 0 Å². The number of fused-ring (bicyclic) bond motifs is 1. The van der Waals surface area contributed by atoms with E-state index >= 15 is 0 Å². The Balaban J connectivity index is 1.78. The molecule has 0 amide bonds. The van der Waals surface area contributed by atoms with E-state index in [0.29, 0.717) is 13.2 Å². The molecule has 1 atom stereocenters. The van der Waals surface area contributed by atoms with Crippen LogP contribution in [0, 0.1) is 0 Å². The van der Waals surface area contributed by atoms with E-state index < -0.39 is 12.6 Å². The van der Waals surface area contributed by atoms with Crippen molar-refractivity contribution in [2.75, 3.05) is 19.7 Å². The molecule has 1 heterocycles. The summed E-state index contributed by atoms with van der Waals surface area (Å²) in [4.78, 5) is 0. The van der Waals surface area contributed by atoms with Gasteiger partial charge in [0.1, 0.15) is 5.75 Å². The van der Waals surface area contributed by atoms with Crippen LogP contribution in [-0.2, 0) is 0 Å². The fraction of sp³-hybridized carbons (Fsp3) is 0.500. The van der Waals surface area contributed by atoms with Crippen molar-refractivity contribution >= 4 is 0 Å². The number of benzene rings is 1.